The molecule has 0 heterocycles. The third-order valence-corrected chi connectivity index (χ3v) is 6.31. The van der Waals surface area contributed by atoms with Gasteiger partial charge in [0.15, 0.2) is 5.84 Å². The number of sulfonamides is 1. The number of hydrogen-bond acceptors (Lipinski definition) is 3. The Labute approximate surface area is 179 Å². The Kier molecular flexibility index (Phi) is 6.17. The molecule has 0 bridgehead atoms. The molecule has 0 aliphatic heterocycles. The number of nitrogens with zero attached hydrogens (tertiary/aromatic N) is 1. The molecular weight excluding hydrogens is 431 g/mol. The summed E-state index contributed by atoms with van der Waals surface area (Å²) in [7, 11) is -4.00. The second kappa shape index (κ2) is 8.45. The van der Waals surface area contributed by atoms with Gasteiger partial charge in [0.1, 0.15) is 5.75 Å². The molecular formula is C21H18Cl2N2O3S. The molecule has 0 amide bonds. The lowest BCUT2D eigenvalue weighted by Gasteiger charge is -2.17. The molecule has 0 atom stereocenters. The van der Waals surface area contributed by atoms with Crippen LogP contribution < -0.4 is 5.32 Å². The highest BCUT2D eigenvalue weighted by Gasteiger charge is 2.18. The molecule has 0 radical (unpaired) electrons. The van der Waals surface area contributed by atoms with Gasteiger partial charge in [-0.15, -0.1) is 4.40 Å². The number of aryl methyl sites for hydroxylation is 1. The van der Waals surface area contributed by atoms with Crippen LogP contribution >= 0.6 is 23.2 Å². The first-order valence-corrected chi connectivity index (χ1v) is 10.8. The van der Waals surface area contributed by atoms with Gasteiger partial charge in [0, 0.05) is 16.3 Å². The normalized spacial score (nSPS) is 12.1. The number of aromatic hydroxyl groups is 1. The maximum absolute atomic E-state index is 12.9. The molecule has 0 aliphatic carbocycles. The molecule has 150 valence electrons. The first-order valence-electron chi connectivity index (χ1n) is 8.60. The van der Waals surface area contributed by atoms with Crippen molar-refractivity contribution in [3.8, 4) is 5.75 Å². The minimum atomic E-state index is -4.00. The minimum Gasteiger partial charge on any atom is -0.506 e. The molecule has 0 aliphatic rings. The average molecular weight is 449 g/mol. The molecule has 3 aromatic carbocycles. The number of halogens is 2. The summed E-state index contributed by atoms with van der Waals surface area (Å²) in [5, 5.41) is 13.6. The van der Waals surface area contributed by atoms with Crippen LogP contribution in [0.1, 0.15) is 16.7 Å². The predicted molar refractivity (Wildman–Crippen MR) is 118 cm³/mol. The van der Waals surface area contributed by atoms with Crippen molar-refractivity contribution in [1.82, 2.24) is 0 Å². The van der Waals surface area contributed by atoms with Gasteiger partial charge in [0.25, 0.3) is 10.0 Å². The first-order chi connectivity index (χ1) is 13.7. The molecule has 2 N–H and O–H groups in total. The monoisotopic (exact) mass is 448 g/mol. The van der Waals surface area contributed by atoms with Crippen LogP contribution in [0.25, 0.3) is 0 Å². The third-order valence-electron chi connectivity index (χ3n) is 4.29. The van der Waals surface area contributed by atoms with Gasteiger partial charge in [0.05, 0.1) is 9.92 Å². The van der Waals surface area contributed by atoms with Crippen molar-refractivity contribution in [3.63, 3.8) is 0 Å². The molecule has 8 heteroatoms. The molecule has 0 fully saturated rings. The van der Waals surface area contributed by atoms with E-state index in [0.29, 0.717) is 27.4 Å². The maximum atomic E-state index is 12.9. The van der Waals surface area contributed by atoms with Gasteiger partial charge in [-0.1, -0.05) is 53.5 Å². The summed E-state index contributed by atoms with van der Waals surface area (Å²) in [5.41, 5.74) is 2.42. The summed E-state index contributed by atoms with van der Waals surface area (Å²) in [5.74, 6) is 0.0905. The maximum Gasteiger partial charge on any atom is 0.284 e. The van der Waals surface area contributed by atoms with Crippen LogP contribution in [0, 0.1) is 13.8 Å². The molecule has 3 rings (SSSR count). The quantitative estimate of drug-likeness (QED) is 0.310. The first kappa shape index (κ1) is 21.2. The van der Waals surface area contributed by atoms with E-state index in [2.05, 4.69) is 9.71 Å². The highest BCUT2D eigenvalue weighted by molar-refractivity contribution is 7.90. The predicted octanol–water partition coefficient (Wildman–Crippen LogP) is 5.56. The lowest BCUT2D eigenvalue weighted by Crippen LogP contribution is -2.18. The van der Waals surface area contributed by atoms with Crippen LogP contribution in [0.3, 0.4) is 0 Å². The van der Waals surface area contributed by atoms with Crippen molar-refractivity contribution in [3.05, 3.63) is 87.4 Å². The molecule has 0 aromatic heterocycles. The SMILES string of the molecule is Cc1cc(O)c(Cl)c(C)c1NC(=NS(=O)(=O)c1ccc(Cl)cc1)c1ccccc1. The molecule has 3 aromatic rings. The smallest absolute Gasteiger partial charge is 0.284 e. The zero-order valence-electron chi connectivity index (χ0n) is 15.6. The van der Waals surface area contributed by atoms with Crippen LogP contribution in [0.4, 0.5) is 5.69 Å². The Bertz CT molecular complexity index is 1180. The van der Waals surface area contributed by atoms with Gasteiger partial charge in [-0.25, -0.2) is 0 Å². The van der Waals surface area contributed by atoms with Crippen molar-refractivity contribution in [2.45, 2.75) is 18.7 Å². The zero-order chi connectivity index (χ0) is 21.2. The fourth-order valence-electron chi connectivity index (χ4n) is 2.77. The van der Waals surface area contributed by atoms with Crippen LogP contribution in [-0.2, 0) is 10.0 Å². The Balaban J connectivity index is 2.14. The number of amidine groups is 1. The summed E-state index contributed by atoms with van der Waals surface area (Å²) in [6, 6.07) is 16.2. The van der Waals surface area contributed by atoms with Crippen LogP contribution in [-0.4, -0.2) is 19.4 Å². The largest absolute Gasteiger partial charge is 0.506 e. The Morgan fingerprint density at radius 1 is 1.00 bits per heavy atom. The van der Waals surface area contributed by atoms with Crippen molar-refractivity contribution in [2.24, 2.45) is 4.40 Å². The van der Waals surface area contributed by atoms with E-state index in [1.54, 1.807) is 38.1 Å². The van der Waals surface area contributed by atoms with Gasteiger partial charge in [-0.2, -0.15) is 8.42 Å². The number of rotatable bonds is 4. The number of phenolic OH excluding ortho intramolecular Hbond substituents is 1. The lowest BCUT2D eigenvalue weighted by molar-refractivity contribution is 0.475. The van der Waals surface area contributed by atoms with Crippen LogP contribution in [0.5, 0.6) is 5.75 Å². The number of benzene rings is 3. The fraction of sp³-hybridized carbons (Fsp3) is 0.0952. The molecule has 29 heavy (non-hydrogen) atoms. The van der Waals surface area contributed by atoms with E-state index < -0.39 is 10.0 Å². The van der Waals surface area contributed by atoms with E-state index in [1.165, 1.54) is 30.3 Å². The van der Waals surface area contributed by atoms with E-state index in [1.807, 2.05) is 6.07 Å². The Hall–Kier alpha value is -2.54. The summed E-state index contributed by atoms with van der Waals surface area (Å²) < 4.78 is 29.8. The molecule has 5 nitrogen and oxygen atoms in total. The number of anilines is 1. The van der Waals surface area contributed by atoms with Crippen molar-refractivity contribution >= 4 is 44.7 Å². The number of hydrogen-bond donors (Lipinski definition) is 2. The number of phenols is 1. The Morgan fingerprint density at radius 3 is 2.24 bits per heavy atom. The Morgan fingerprint density at radius 2 is 1.62 bits per heavy atom. The topological polar surface area (TPSA) is 78.8 Å². The van der Waals surface area contributed by atoms with E-state index in [0.717, 1.165) is 0 Å². The molecule has 0 saturated carbocycles. The van der Waals surface area contributed by atoms with E-state index >= 15 is 0 Å². The van der Waals surface area contributed by atoms with Crippen LogP contribution in [0.15, 0.2) is 70.0 Å². The fourth-order valence-corrected chi connectivity index (χ4v) is 4.02. The lowest BCUT2D eigenvalue weighted by atomic mass is 10.1. The standard InChI is InChI=1S/C21H18Cl2N2O3S/c1-13-12-18(26)19(23)14(2)20(13)24-21(15-6-4-3-5-7-15)25-29(27,28)17-10-8-16(22)9-11-17/h3-12,26H,1-2H3,(H,24,25). The minimum absolute atomic E-state index is 0.0225. The second-order valence-electron chi connectivity index (χ2n) is 6.39. The van der Waals surface area contributed by atoms with Crippen molar-refractivity contribution in [2.75, 3.05) is 5.32 Å². The molecule has 0 saturated heterocycles. The van der Waals surface area contributed by atoms with Gasteiger partial charge >= 0.3 is 0 Å². The number of nitrogens with one attached hydrogen (secondary N) is 1. The van der Waals surface area contributed by atoms with E-state index in [4.69, 9.17) is 23.2 Å². The van der Waals surface area contributed by atoms with Gasteiger partial charge in [0.2, 0.25) is 0 Å². The summed E-state index contributed by atoms with van der Waals surface area (Å²) in [6.07, 6.45) is 0. The second-order valence-corrected chi connectivity index (χ2v) is 8.80. The third kappa shape index (κ3) is 4.72. The van der Waals surface area contributed by atoms with Crippen LogP contribution in [0.2, 0.25) is 10.0 Å². The summed E-state index contributed by atoms with van der Waals surface area (Å²) in [6.45, 7) is 3.51. The van der Waals surface area contributed by atoms with Gasteiger partial charge in [-0.3, -0.25) is 0 Å². The molecule has 0 spiro atoms. The average Bonchev–Trinajstić information content (AvgIpc) is 2.69. The van der Waals surface area contributed by atoms with Gasteiger partial charge < -0.3 is 10.4 Å². The zero-order valence-corrected chi connectivity index (χ0v) is 18.0. The highest BCUT2D eigenvalue weighted by Crippen LogP contribution is 2.35. The van der Waals surface area contributed by atoms with Gasteiger partial charge in [-0.05, 0) is 55.3 Å². The summed E-state index contributed by atoms with van der Waals surface area (Å²) >= 11 is 12.0. The van der Waals surface area contributed by atoms with E-state index in [-0.39, 0.29) is 21.5 Å². The van der Waals surface area contributed by atoms with E-state index in [9.17, 15) is 13.5 Å². The van der Waals surface area contributed by atoms with Crippen molar-refractivity contribution in [1.29, 1.82) is 0 Å². The highest BCUT2D eigenvalue weighted by atomic mass is 35.5. The van der Waals surface area contributed by atoms with Crippen molar-refractivity contribution < 1.29 is 13.5 Å². The summed E-state index contributed by atoms with van der Waals surface area (Å²) in [4.78, 5) is 0.0225. The molecule has 0 unspecified atom stereocenters.